The number of nitroso groups, excluding NO2 is 1. The van der Waals surface area contributed by atoms with Gasteiger partial charge in [-0.25, -0.2) is 0 Å². The first-order valence-corrected chi connectivity index (χ1v) is 11.8. The number of ether oxygens (including phenoxy) is 1. The SMILES string of the molecule is COC(=O)C1C(c2ccc(C)cc2)(C2CCCCC2)C[N+](=O)C1(O)C1CCCCC1. The Bertz CT molecular complexity index is 779. The summed E-state index contributed by atoms with van der Waals surface area (Å²) < 4.78 is 6.17. The van der Waals surface area contributed by atoms with Gasteiger partial charge in [0.2, 0.25) is 6.54 Å². The standard InChI is InChI=1S/C25H36NO4/c1-18-13-15-20(16-14-18)24(19-9-5-3-6-10-19)17-26(29)25(28,22(24)23(27)30-2)21-11-7-4-8-12-21/h13-16,19,21-22,28H,3-12,17H2,1-2H3/q+1. The van der Waals surface area contributed by atoms with Crippen LogP contribution in [0.1, 0.15) is 75.3 Å². The molecule has 0 radical (unpaired) electrons. The maximum absolute atomic E-state index is 13.6. The van der Waals surface area contributed by atoms with E-state index in [1.807, 2.05) is 6.92 Å². The molecule has 30 heavy (non-hydrogen) atoms. The van der Waals surface area contributed by atoms with Gasteiger partial charge in [-0.1, -0.05) is 68.4 Å². The van der Waals surface area contributed by atoms with Gasteiger partial charge in [0.25, 0.3) is 0 Å². The highest BCUT2D eigenvalue weighted by molar-refractivity contribution is 5.76. The number of methoxy groups -OCH3 is 1. The van der Waals surface area contributed by atoms with Gasteiger partial charge in [0, 0.05) is 9.67 Å². The van der Waals surface area contributed by atoms with Crippen molar-refractivity contribution >= 4 is 5.97 Å². The average molecular weight is 415 g/mol. The third-order valence-corrected chi connectivity index (χ3v) is 8.31. The zero-order chi connectivity index (χ0) is 21.4. The molecule has 3 unspecified atom stereocenters. The van der Waals surface area contributed by atoms with Gasteiger partial charge in [0.05, 0.1) is 18.4 Å². The fourth-order valence-corrected chi connectivity index (χ4v) is 6.79. The number of esters is 1. The highest BCUT2D eigenvalue weighted by atomic mass is 16.5. The van der Waals surface area contributed by atoms with Crippen molar-refractivity contribution < 1.29 is 19.4 Å². The number of hydrogen-bond donors (Lipinski definition) is 1. The molecule has 0 bridgehead atoms. The van der Waals surface area contributed by atoms with Crippen molar-refractivity contribution in [2.45, 2.75) is 82.3 Å². The Morgan fingerprint density at radius 2 is 1.50 bits per heavy atom. The number of carbonyl (C=O) groups excluding carboxylic acids is 1. The number of aryl methyl sites for hydroxylation is 1. The molecule has 0 amide bonds. The Kier molecular flexibility index (Phi) is 6.02. The van der Waals surface area contributed by atoms with E-state index >= 15 is 0 Å². The fraction of sp³-hybridized carbons (Fsp3) is 0.720. The maximum Gasteiger partial charge on any atom is 0.329 e. The summed E-state index contributed by atoms with van der Waals surface area (Å²) in [4.78, 5) is 27.0. The lowest BCUT2D eigenvalue weighted by Gasteiger charge is -2.42. The lowest BCUT2D eigenvalue weighted by atomic mass is 9.57. The van der Waals surface area contributed by atoms with Crippen LogP contribution in [0.3, 0.4) is 0 Å². The second-order valence-corrected chi connectivity index (χ2v) is 9.85. The minimum atomic E-state index is -1.70. The first kappa shape index (κ1) is 21.5. The maximum atomic E-state index is 13.6. The predicted octanol–water partition coefficient (Wildman–Crippen LogP) is 4.66. The summed E-state index contributed by atoms with van der Waals surface area (Å²) in [6, 6.07) is 8.25. The molecule has 2 aliphatic carbocycles. The summed E-state index contributed by atoms with van der Waals surface area (Å²) in [6.45, 7) is 2.20. The quantitative estimate of drug-likeness (QED) is 0.575. The molecule has 164 valence electrons. The average Bonchev–Trinajstić information content (AvgIpc) is 3.04. The normalized spacial score (nSPS) is 33.6. The van der Waals surface area contributed by atoms with Crippen molar-refractivity contribution in [3.05, 3.63) is 40.3 Å². The van der Waals surface area contributed by atoms with Crippen LogP contribution < -0.4 is 0 Å². The van der Waals surface area contributed by atoms with E-state index in [2.05, 4.69) is 24.3 Å². The summed E-state index contributed by atoms with van der Waals surface area (Å²) in [5.74, 6) is -1.30. The molecular formula is C25H36NO4+. The van der Waals surface area contributed by atoms with Crippen molar-refractivity contribution in [2.24, 2.45) is 17.8 Å². The van der Waals surface area contributed by atoms with Crippen molar-refractivity contribution in [3.8, 4) is 0 Å². The van der Waals surface area contributed by atoms with Crippen LogP contribution in [0.15, 0.2) is 24.3 Å². The van der Waals surface area contributed by atoms with E-state index in [1.165, 1.54) is 13.5 Å². The number of carbonyl (C=O) groups is 1. The molecule has 3 aliphatic rings. The van der Waals surface area contributed by atoms with E-state index in [0.29, 0.717) is 0 Å². The molecule has 3 atom stereocenters. The van der Waals surface area contributed by atoms with E-state index < -0.39 is 23.0 Å². The van der Waals surface area contributed by atoms with Crippen molar-refractivity contribution in [2.75, 3.05) is 13.7 Å². The van der Waals surface area contributed by atoms with Gasteiger partial charge in [0.1, 0.15) is 0 Å². The highest BCUT2D eigenvalue weighted by Crippen LogP contribution is 2.57. The summed E-state index contributed by atoms with van der Waals surface area (Å²) >= 11 is 0. The minimum absolute atomic E-state index is 0.160. The Labute approximate surface area is 179 Å². The number of rotatable bonds is 4. The molecule has 4 rings (SSSR count). The van der Waals surface area contributed by atoms with Crippen LogP contribution in [-0.4, -0.2) is 35.2 Å². The van der Waals surface area contributed by atoms with Crippen LogP contribution in [0.5, 0.6) is 0 Å². The van der Waals surface area contributed by atoms with Gasteiger partial charge >= 0.3 is 11.7 Å². The second kappa shape index (κ2) is 8.41. The molecule has 1 aliphatic heterocycles. The smallest absolute Gasteiger partial charge is 0.329 e. The summed E-state index contributed by atoms with van der Waals surface area (Å²) in [5, 5.41) is 12.0. The summed E-state index contributed by atoms with van der Waals surface area (Å²) in [7, 11) is 1.39. The first-order valence-electron chi connectivity index (χ1n) is 11.8. The number of hydrogen-bond acceptors (Lipinski definition) is 4. The Hall–Kier alpha value is -1.75. The number of nitrogens with zero attached hydrogens (tertiary/aromatic N) is 1. The van der Waals surface area contributed by atoms with E-state index in [9.17, 15) is 14.8 Å². The molecule has 1 aromatic carbocycles. The van der Waals surface area contributed by atoms with Crippen molar-refractivity contribution in [1.82, 2.24) is 0 Å². The molecule has 0 spiro atoms. The van der Waals surface area contributed by atoms with Gasteiger partial charge in [-0.3, -0.25) is 4.79 Å². The number of benzene rings is 1. The first-order chi connectivity index (χ1) is 14.4. The van der Waals surface area contributed by atoms with Crippen LogP contribution in [-0.2, 0) is 14.9 Å². The lowest BCUT2D eigenvalue weighted by molar-refractivity contribution is -0.670. The van der Waals surface area contributed by atoms with E-state index in [0.717, 1.165) is 73.7 Å². The van der Waals surface area contributed by atoms with E-state index in [4.69, 9.17) is 4.74 Å². The zero-order valence-corrected chi connectivity index (χ0v) is 18.4. The van der Waals surface area contributed by atoms with E-state index in [1.54, 1.807) is 0 Å². The van der Waals surface area contributed by atoms with Gasteiger partial charge in [-0.05, 0) is 44.1 Å². The largest absolute Gasteiger partial charge is 0.468 e. The Balaban J connectivity index is 1.89. The van der Waals surface area contributed by atoms with Crippen molar-refractivity contribution in [1.29, 1.82) is 0 Å². The second-order valence-electron chi connectivity index (χ2n) is 9.85. The Morgan fingerprint density at radius 3 is 2.03 bits per heavy atom. The minimum Gasteiger partial charge on any atom is -0.468 e. The number of aliphatic hydroxyl groups is 1. The lowest BCUT2D eigenvalue weighted by Crippen LogP contribution is -2.56. The van der Waals surface area contributed by atoms with E-state index in [-0.39, 0.29) is 18.4 Å². The van der Waals surface area contributed by atoms with Crippen LogP contribution >= 0.6 is 0 Å². The molecular weight excluding hydrogens is 378 g/mol. The molecule has 5 nitrogen and oxygen atoms in total. The molecule has 0 aromatic heterocycles. The molecule has 1 heterocycles. The Morgan fingerprint density at radius 1 is 0.967 bits per heavy atom. The fourth-order valence-electron chi connectivity index (χ4n) is 6.79. The van der Waals surface area contributed by atoms with Gasteiger partial charge < -0.3 is 9.84 Å². The monoisotopic (exact) mass is 414 g/mol. The van der Waals surface area contributed by atoms with Gasteiger partial charge in [-0.2, -0.15) is 0 Å². The van der Waals surface area contributed by atoms with Crippen molar-refractivity contribution in [3.63, 3.8) is 0 Å². The molecule has 1 aromatic rings. The van der Waals surface area contributed by atoms with Gasteiger partial charge in [-0.15, -0.1) is 0 Å². The topological polar surface area (TPSA) is 66.6 Å². The van der Waals surface area contributed by atoms with Crippen LogP contribution in [0.25, 0.3) is 0 Å². The highest BCUT2D eigenvalue weighted by Gasteiger charge is 2.76. The van der Waals surface area contributed by atoms with Crippen LogP contribution in [0, 0.1) is 29.6 Å². The summed E-state index contributed by atoms with van der Waals surface area (Å²) in [6.07, 6.45) is 10.1. The third kappa shape index (κ3) is 3.30. The molecule has 1 saturated heterocycles. The predicted molar refractivity (Wildman–Crippen MR) is 115 cm³/mol. The molecule has 5 heteroatoms. The van der Waals surface area contributed by atoms with Crippen LogP contribution in [0.2, 0.25) is 0 Å². The van der Waals surface area contributed by atoms with Crippen LogP contribution in [0.4, 0.5) is 0 Å². The third-order valence-electron chi connectivity index (χ3n) is 8.31. The summed E-state index contributed by atoms with van der Waals surface area (Å²) in [5.41, 5.74) is -0.264. The molecule has 3 fully saturated rings. The molecule has 1 N–H and O–H groups in total. The molecule has 2 saturated carbocycles. The van der Waals surface area contributed by atoms with Gasteiger partial charge in [0.15, 0.2) is 5.92 Å². The zero-order valence-electron chi connectivity index (χ0n) is 18.4.